The second kappa shape index (κ2) is 7.21. The van der Waals surface area contributed by atoms with Gasteiger partial charge in [0, 0.05) is 9.13 Å². The number of ether oxygens (including phenoxy) is 2. The minimum atomic E-state index is -0.0665. The number of halogens is 1. The Morgan fingerprint density at radius 2 is 1.83 bits per heavy atom. The van der Waals surface area contributed by atoms with Gasteiger partial charge in [-0.2, -0.15) is 0 Å². The fourth-order valence-electron chi connectivity index (χ4n) is 2.54. The summed E-state index contributed by atoms with van der Waals surface area (Å²) in [6.07, 6.45) is 0.801. The third kappa shape index (κ3) is 3.77. The Bertz CT molecular complexity index is 700. The topological polar surface area (TPSA) is 47.6 Å². The zero-order valence-electron chi connectivity index (χ0n) is 12.8. The summed E-state index contributed by atoms with van der Waals surface area (Å²) < 4.78 is 12.3. The molecular formula is C18H18INO3. The van der Waals surface area contributed by atoms with E-state index in [0.717, 1.165) is 27.1 Å². The smallest absolute Gasteiger partial charge is 0.251 e. The highest BCUT2D eigenvalue weighted by Crippen LogP contribution is 2.33. The van der Waals surface area contributed by atoms with Crippen molar-refractivity contribution in [2.75, 3.05) is 13.2 Å². The normalized spacial score (nSPS) is 14.2. The number of rotatable bonds is 4. The Morgan fingerprint density at radius 1 is 1.13 bits per heavy atom. The molecular weight excluding hydrogens is 405 g/mol. The predicted molar refractivity (Wildman–Crippen MR) is 97.1 cm³/mol. The lowest BCUT2D eigenvalue weighted by atomic mass is 10.0. The maximum atomic E-state index is 12.4. The molecule has 1 amide bonds. The van der Waals surface area contributed by atoms with Crippen molar-refractivity contribution in [3.05, 3.63) is 57.2 Å². The Morgan fingerprint density at radius 3 is 2.52 bits per heavy atom. The van der Waals surface area contributed by atoms with Gasteiger partial charge in [0.25, 0.3) is 5.91 Å². The standard InChI is InChI=1S/C18H18INO3/c1-2-15(20-18(21)12-3-6-14(19)7-4-12)13-5-8-16-17(11-13)23-10-9-22-16/h3-8,11,15H,2,9-10H2,1H3,(H,20,21). The van der Waals surface area contributed by atoms with Crippen molar-refractivity contribution >= 4 is 28.5 Å². The first kappa shape index (κ1) is 16.1. The van der Waals surface area contributed by atoms with Crippen LogP contribution in [0.3, 0.4) is 0 Å². The maximum Gasteiger partial charge on any atom is 0.251 e. The summed E-state index contributed by atoms with van der Waals surface area (Å²) in [4.78, 5) is 12.4. The van der Waals surface area contributed by atoms with Gasteiger partial charge in [-0.15, -0.1) is 0 Å². The van der Waals surface area contributed by atoms with Gasteiger partial charge in [-0.3, -0.25) is 4.79 Å². The number of carbonyl (C=O) groups is 1. The Labute approximate surface area is 149 Å². The molecule has 1 unspecified atom stereocenters. The fourth-order valence-corrected chi connectivity index (χ4v) is 2.90. The minimum absolute atomic E-state index is 0.0578. The summed E-state index contributed by atoms with van der Waals surface area (Å²) in [5.74, 6) is 1.44. The lowest BCUT2D eigenvalue weighted by Gasteiger charge is -2.22. The molecule has 1 atom stereocenters. The van der Waals surface area contributed by atoms with Crippen LogP contribution in [0, 0.1) is 3.57 Å². The van der Waals surface area contributed by atoms with E-state index < -0.39 is 0 Å². The molecule has 0 radical (unpaired) electrons. The van der Waals surface area contributed by atoms with Crippen molar-refractivity contribution in [1.82, 2.24) is 5.32 Å². The summed E-state index contributed by atoms with van der Waals surface area (Å²) in [7, 11) is 0. The highest BCUT2D eigenvalue weighted by Gasteiger charge is 2.18. The highest BCUT2D eigenvalue weighted by molar-refractivity contribution is 14.1. The van der Waals surface area contributed by atoms with E-state index in [-0.39, 0.29) is 11.9 Å². The van der Waals surface area contributed by atoms with Crippen LogP contribution in [-0.4, -0.2) is 19.1 Å². The van der Waals surface area contributed by atoms with Crippen LogP contribution in [0.4, 0.5) is 0 Å². The number of benzene rings is 2. The molecule has 4 nitrogen and oxygen atoms in total. The van der Waals surface area contributed by atoms with E-state index in [4.69, 9.17) is 9.47 Å². The second-order valence-electron chi connectivity index (χ2n) is 5.34. The molecule has 1 aliphatic heterocycles. The first-order chi connectivity index (χ1) is 11.2. The Hall–Kier alpha value is -1.76. The zero-order chi connectivity index (χ0) is 16.2. The first-order valence-corrected chi connectivity index (χ1v) is 8.71. The molecule has 2 aromatic rings. The van der Waals surface area contributed by atoms with Gasteiger partial charge in [-0.05, 0) is 71.0 Å². The van der Waals surface area contributed by atoms with Crippen LogP contribution in [0.5, 0.6) is 11.5 Å². The van der Waals surface area contributed by atoms with Crippen LogP contribution in [0.15, 0.2) is 42.5 Å². The van der Waals surface area contributed by atoms with Crippen molar-refractivity contribution in [3.63, 3.8) is 0 Å². The largest absolute Gasteiger partial charge is 0.486 e. The van der Waals surface area contributed by atoms with E-state index in [0.29, 0.717) is 18.8 Å². The number of carbonyl (C=O) groups excluding carboxylic acids is 1. The van der Waals surface area contributed by atoms with Crippen LogP contribution in [0.1, 0.15) is 35.3 Å². The SMILES string of the molecule is CCC(NC(=O)c1ccc(I)cc1)c1ccc2c(c1)OCCO2. The molecule has 1 heterocycles. The van der Waals surface area contributed by atoms with Crippen LogP contribution >= 0.6 is 22.6 Å². The van der Waals surface area contributed by atoms with Crippen molar-refractivity contribution in [3.8, 4) is 11.5 Å². The van der Waals surface area contributed by atoms with E-state index in [9.17, 15) is 4.79 Å². The van der Waals surface area contributed by atoms with Gasteiger partial charge >= 0.3 is 0 Å². The molecule has 0 saturated carbocycles. The lowest BCUT2D eigenvalue weighted by molar-refractivity contribution is 0.0935. The number of hydrogen-bond donors (Lipinski definition) is 1. The number of nitrogens with one attached hydrogen (secondary N) is 1. The number of hydrogen-bond acceptors (Lipinski definition) is 3. The van der Waals surface area contributed by atoms with Gasteiger partial charge in [0.1, 0.15) is 13.2 Å². The Balaban J connectivity index is 1.77. The molecule has 0 bridgehead atoms. The van der Waals surface area contributed by atoms with Crippen molar-refractivity contribution in [2.45, 2.75) is 19.4 Å². The van der Waals surface area contributed by atoms with Crippen LogP contribution in [0.25, 0.3) is 0 Å². The molecule has 5 heteroatoms. The summed E-state index contributed by atoms with van der Waals surface area (Å²) >= 11 is 2.22. The molecule has 23 heavy (non-hydrogen) atoms. The maximum absolute atomic E-state index is 12.4. The average molecular weight is 423 g/mol. The van der Waals surface area contributed by atoms with Crippen LogP contribution in [0.2, 0.25) is 0 Å². The molecule has 1 N–H and O–H groups in total. The summed E-state index contributed by atoms with van der Waals surface area (Å²) in [6.45, 7) is 3.19. The third-order valence-electron chi connectivity index (χ3n) is 3.79. The van der Waals surface area contributed by atoms with E-state index >= 15 is 0 Å². The van der Waals surface area contributed by atoms with E-state index in [2.05, 4.69) is 34.8 Å². The van der Waals surface area contributed by atoms with E-state index in [1.54, 1.807) is 0 Å². The quantitative estimate of drug-likeness (QED) is 0.758. The van der Waals surface area contributed by atoms with Gasteiger partial charge in [-0.25, -0.2) is 0 Å². The van der Waals surface area contributed by atoms with Gasteiger partial charge in [-0.1, -0.05) is 13.0 Å². The zero-order valence-corrected chi connectivity index (χ0v) is 15.0. The molecule has 0 aromatic heterocycles. The summed E-state index contributed by atoms with van der Waals surface area (Å²) in [5, 5.41) is 3.09. The van der Waals surface area contributed by atoms with Crippen LogP contribution < -0.4 is 14.8 Å². The van der Waals surface area contributed by atoms with Crippen molar-refractivity contribution in [1.29, 1.82) is 0 Å². The van der Waals surface area contributed by atoms with Gasteiger partial charge in [0.2, 0.25) is 0 Å². The number of amides is 1. The molecule has 0 fully saturated rings. The second-order valence-corrected chi connectivity index (χ2v) is 6.59. The summed E-state index contributed by atoms with van der Waals surface area (Å²) in [6, 6.07) is 13.3. The molecule has 3 rings (SSSR count). The lowest BCUT2D eigenvalue weighted by Crippen LogP contribution is -2.28. The van der Waals surface area contributed by atoms with E-state index in [1.807, 2.05) is 42.5 Å². The summed E-state index contributed by atoms with van der Waals surface area (Å²) in [5.41, 5.74) is 1.69. The van der Waals surface area contributed by atoms with Gasteiger partial charge < -0.3 is 14.8 Å². The molecule has 2 aromatic carbocycles. The number of fused-ring (bicyclic) bond motifs is 1. The first-order valence-electron chi connectivity index (χ1n) is 7.63. The van der Waals surface area contributed by atoms with Gasteiger partial charge in [0.15, 0.2) is 11.5 Å². The van der Waals surface area contributed by atoms with Crippen molar-refractivity contribution < 1.29 is 14.3 Å². The minimum Gasteiger partial charge on any atom is -0.486 e. The Kier molecular flexibility index (Phi) is 5.05. The average Bonchev–Trinajstić information content (AvgIpc) is 2.59. The molecule has 120 valence electrons. The monoisotopic (exact) mass is 423 g/mol. The van der Waals surface area contributed by atoms with Crippen molar-refractivity contribution in [2.24, 2.45) is 0 Å². The molecule has 0 spiro atoms. The molecule has 0 aliphatic carbocycles. The van der Waals surface area contributed by atoms with E-state index in [1.165, 1.54) is 0 Å². The third-order valence-corrected chi connectivity index (χ3v) is 4.51. The molecule has 1 aliphatic rings. The fraction of sp³-hybridized carbons (Fsp3) is 0.278. The highest BCUT2D eigenvalue weighted by atomic mass is 127. The van der Waals surface area contributed by atoms with Gasteiger partial charge in [0.05, 0.1) is 6.04 Å². The molecule has 0 saturated heterocycles. The van der Waals surface area contributed by atoms with Crippen LogP contribution in [-0.2, 0) is 0 Å². The predicted octanol–water partition coefficient (Wildman–Crippen LogP) is 3.94.